The number of carbonyl (C=O) groups excluding carboxylic acids is 4. The SMILES string of the molecule is CCCCCCCCCCCCCCCCCCC(=O)OC[C@H](COP(=O)(O)OC[C@@H](O)COP(=O)(O)OC[C@@H](COC(=O)CCCCCCCCCCCCC)OC(=O)CCCCCCCCCCCCC)OC(=O)CCCCCCCCCCCCCCCCCC(C)C. The number of phosphoric ester groups is 2. The zero-order valence-electron chi connectivity index (χ0n) is 62.5. The molecular formula is C77H150O17P2. The van der Waals surface area contributed by atoms with E-state index in [1.807, 2.05) is 0 Å². The van der Waals surface area contributed by atoms with Crippen molar-refractivity contribution in [1.29, 1.82) is 0 Å². The van der Waals surface area contributed by atoms with Gasteiger partial charge in [-0.2, -0.15) is 0 Å². The molecule has 0 fully saturated rings. The molecule has 2 unspecified atom stereocenters. The Labute approximate surface area is 588 Å². The summed E-state index contributed by atoms with van der Waals surface area (Å²) in [5, 5.41) is 10.6. The van der Waals surface area contributed by atoms with Crippen molar-refractivity contribution in [1.82, 2.24) is 0 Å². The first-order valence-corrected chi connectivity index (χ1v) is 43.1. The lowest BCUT2D eigenvalue weighted by Crippen LogP contribution is -2.30. The van der Waals surface area contributed by atoms with Gasteiger partial charge in [0.15, 0.2) is 12.2 Å². The molecule has 0 radical (unpaired) electrons. The number of hydrogen-bond donors (Lipinski definition) is 3. The first-order chi connectivity index (χ1) is 46.5. The van der Waals surface area contributed by atoms with Gasteiger partial charge in [-0.15, -0.1) is 0 Å². The van der Waals surface area contributed by atoms with Gasteiger partial charge in [0.1, 0.15) is 19.3 Å². The molecule has 5 atom stereocenters. The van der Waals surface area contributed by atoms with Crippen LogP contribution in [0.15, 0.2) is 0 Å². The van der Waals surface area contributed by atoms with Gasteiger partial charge in [0.2, 0.25) is 0 Å². The molecule has 0 aromatic rings. The van der Waals surface area contributed by atoms with Gasteiger partial charge in [-0.3, -0.25) is 37.3 Å². The maximum atomic E-state index is 13.1. The number of phosphoric acid groups is 2. The van der Waals surface area contributed by atoms with E-state index in [1.54, 1.807) is 0 Å². The van der Waals surface area contributed by atoms with Crippen LogP contribution in [-0.4, -0.2) is 96.7 Å². The molecule has 0 rings (SSSR count). The molecule has 0 aromatic carbocycles. The van der Waals surface area contributed by atoms with Gasteiger partial charge in [0.05, 0.1) is 26.4 Å². The van der Waals surface area contributed by atoms with Crippen molar-refractivity contribution in [2.24, 2.45) is 5.92 Å². The zero-order chi connectivity index (χ0) is 70.5. The third-order valence-corrected chi connectivity index (χ3v) is 19.9. The molecule has 0 aliphatic carbocycles. The minimum absolute atomic E-state index is 0.108. The fourth-order valence-electron chi connectivity index (χ4n) is 11.9. The number of aliphatic hydroxyl groups is 1. The Morgan fingerprint density at radius 3 is 0.708 bits per heavy atom. The van der Waals surface area contributed by atoms with E-state index in [0.29, 0.717) is 25.7 Å². The van der Waals surface area contributed by atoms with Crippen LogP contribution in [0.25, 0.3) is 0 Å². The Kier molecular flexibility index (Phi) is 68.7. The average Bonchev–Trinajstić information content (AvgIpc) is 1.21. The number of esters is 4. The largest absolute Gasteiger partial charge is 0.472 e. The van der Waals surface area contributed by atoms with Gasteiger partial charge in [-0.25, -0.2) is 9.13 Å². The third-order valence-electron chi connectivity index (χ3n) is 18.0. The quantitative estimate of drug-likeness (QED) is 0.0222. The summed E-state index contributed by atoms with van der Waals surface area (Å²) in [6.45, 7) is 7.33. The minimum Gasteiger partial charge on any atom is -0.462 e. The molecule has 570 valence electrons. The Morgan fingerprint density at radius 2 is 0.479 bits per heavy atom. The second-order valence-corrected chi connectivity index (χ2v) is 31.1. The maximum Gasteiger partial charge on any atom is 0.472 e. The van der Waals surface area contributed by atoms with Crippen LogP contribution in [0.3, 0.4) is 0 Å². The predicted octanol–water partition coefficient (Wildman–Crippen LogP) is 22.9. The van der Waals surface area contributed by atoms with Gasteiger partial charge in [-0.1, -0.05) is 356 Å². The highest BCUT2D eigenvalue weighted by atomic mass is 31.2. The van der Waals surface area contributed by atoms with E-state index < -0.39 is 97.5 Å². The summed E-state index contributed by atoms with van der Waals surface area (Å²) in [4.78, 5) is 72.8. The lowest BCUT2D eigenvalue weighted by molar-refractivity contribution is -0.161. The third kappa shape index (κ3) is 70.5. The van der Waals surface area contributed by atoms with Crippen molar-refractivity contribution in [2.45, 2.75) is 425 Å². The number of carbonyl (C=O) groups is 4. The summed E-state index contributed by atoms with van der Waals surface area (Å²) >= 11 is 0. The number of aliphatic hydroxyl groups excluding tert-OH is 1. The monoisotopic (exact) mass is 1410 g/mol. The fraction of sp³-hybridized carbons (Fsp3) is 0.948. The Morgan fingerprint density at radius 1 is 0.281 bits per heavy atom. The molecule has 96 heavy (non-hydrogen) atoms. The van der Waals surface area contributed by atoms with Crippen molar-refractivity contribution in [3.05, 3.63) is 0 Å². The van der Waals surface area contributed by atoms with Crippen LogP contribution < -0.4 is 0 Å². The summed E-state index contributed by atoms with van der Waals surface area (Å²) < 4.78 is 68.6. The molecular weight excluding hydrogens is 1260 g/mol. The van der Waals surface area contributed by atoms with E-state index in [9.17, 15) is 43.2 Å². The molecule has 0 aliphatic heterocycles. The molecule has 0 saturated carbocycles. The van der Waals surface area contributed by atoms with Crippen molar-refractivity contribution in [3.8, 4) is 0 Å². The van der Waals surface area contributed by atoms with Crippen molar-refractivity contribution >= 4 is 39.5 Å². The van der Waals surface area contributed by atoms with E-state index >= 15 is 0 Å². The molecule has 0 spiro atoms. The average molecular weight is 1410 g/mol. The predicted molar refractivity (Wildman–Crippen MR) is 391 cm³/mol. The lowest BCUT2D eigenvalue weighted by Gasteiger charge is -2.21. The molecule has 0 bridgehead atoms. The first kappa shape index (κ1) is 94.1. The fourth-order valence-corrected chi connectivity index (χ4v) is 13.5. The van der Waals surface area contributed by atoms with Crippen molar-refractivity contribution < 1.29 is 80.2 Å². The van der Waals surface area contributed by atoms with Crippen LogP contribution in [0.4, 0.5) is 0 Å². The molecule has 0 heterocycles. The first-order valence-electron chi connectivity index (χ1n) is 40.1. The highest BCUT2D eigenvalue weighted by Gasteiger charge is 2.30. The van der Waals surface area contributed by atoms with Gasteiger partial charge in [0.25, 0.3) is 0 Å². The molecule has 3 N–H and O–H groups in total. The van der Waals surface area contributed by atoms with Crippen LogP contribution in [-0.2, 0) is 65.4 Å². The highest BCUT2D eigenvalue weighted by molar-refractivity contribution is 7.47. The number of ether oxygens (including phenoxy) is 4. The molecule has 0 aromatic heterocycles. The summed E-state index contributed by atoms with van der Waals surface area (Å²) in [7, 11) is -9.91. The van der Waals surface area contributed by atoms with E-state index in [0.717, 1.165) is 95.8 Å². The molecule has 0 saturated heterocycles. The van der Waals surface area contributed by atoms with Gasteiger partial charge < -0.3 is 33.8 Å². The van der Waals surface area contributed by atoms with Gasteiger partial charge >= 0.3 is 39.5 Å². The highest BCUT2D eigenvalue weighted by Crippen LogP contribution is 2.45. The van der Waals surface area contributed by atoms with Crippen molar-refractivity contribution in [3.63, 3.8) is 0 Å². The summed E-state index contributed by atoms with van der Waals surface area (Å²) in [5.74, 6) is -1.31. The summed E-state index contributed by atoms with van der Waals surface area (Å²) in [6.07, 6.45) is 59.5. The van der Waals surface area contributed by atoms with Gasteiger partial charge in [0, 0.05) is 25.7 Å². The van der Waals surface area contributed by atoms with E-state index in [1.165, 1.54) is 231 Å². The second-order valence-electron chi connectivity index (χ2n) is 28.2. The number of unbranched alkanes of at least 4 members (excludes halogenated alkanes) is 49. The maximum absolute atomic E-state index is 13.1. The van der Waals surface area contributed by atoms with E-state index in [4.69, 9.17) is 37.0 Å². The summed E-state index contributed by atoms with van der Waals surface area (Å²) in [5.41, 5.74) is 0. The van der Waals surface area contributed by atoms with Gasteiger partial charge in [-0.05, 0) is 31.6 Å². The minimum atomic E-state index is -4.96. The Balaban J connectivity index is 5.23. The second kappa shape index (κ2) is 70.1. The molecule has 19 heteroatoms. The summed E-state index contributed by atoms with van der Waals surface area (Å²) in [6, 6.07) is 0. The number of hydrogen-bond acceptors (Lipinski definition) is 15. The van der Waals surface area contributed by atoms with Crippen LogP contribution in [0.1, 0.15) is 407 Å². The zero-order valence-corrected chi connectivity index (χ0v) is 64.3. The van der Waals surface area contributed by atoms with Crippen LogP contribution >= 0.6 is 15.6 Å². The smallest absolute Gasteiger partial charge is 0.462 e. The van der Waals surface area contributed by atoms with Crippen LogP contribution in [0, 0.1) is 5.92 Å². The van der Waals surface area contributed by atoms with E-state index in [-0.39, 0.29) is 25.7 Å². The lowest BCUT2D eigenvalue weighted by atomic mass is 10.0. The topological polar surface area (TPSA) is 237 Å². The van der Waals surface area contributed by atoms with Crippen LogP contribution in [0.2, 0.25) is 0 Å². The molecule has 0 amide bonds. The molecule has 0 aliphatic rings. The van der Waals surface area contributed by atoms with Crippen molar-refractivity contribution in [2.75, 3.05) is 39.6 Å². The van der Waals surface area contributed by atoms with E-state index in [2.05, 4.69) is 34.6 Å². The Bertz CT molecular complexity index is 1840. The van der Waals surface area contributed by atoms with Crippen LogP contribution in [0.5, 0.6) is 0 Å². The standard InChI is InChI=1S/C77H150O17P2/c1-6-9-12-15-18-21-24-25-26-29-32-37-41-46-51-56-61-75(80)88-67-73(94-77(82)63-58-53-48-43-38-33-30-27-28-31-36-39-44-49-54-59-70(4)5)69-92-96(85,86)90-65-71(78)64-89-95(83,84)91-68-72(93-76(81)62-57-52-47-42-35-23-20-17-14-11-8-3)66-87-74(79)60-55-50-45-40-34-22-19-16-13-10-7-2/h70-73,78H,6-69H2,1-5H3,(H,83,84)(H,85,86)/t71-,72+,73+/m0/s1. The molecule has 17 nitrogen and oxygen atoms in total. The normalized spacial score (nSPS) is 13.9. The Hall–Kier alpha value is -1.94. The number of rotatable bonds is 77.